The Bertz CT molecular complexity index is 338. The lowest BCUT2D eigenvalue weighted by Gasteiger charge is -2.28. The fourth-order valence-electron chi connectivity index (χ4n) is 1.99. The number of rotatable bonds is 1. The van der Waals surface area contributed by atoms with Gasteiger partial charge in [-0.05, 0) is 43.1 Å². The Morgan fingerprint density at radius 2 is 2.36 bits per heavy atom. The van der Waals surface area contributed by atoms with Gasteiger partial charge in [-0.3, -0.25) is 0 Å². The molecule has 2 rings (SSSR count). The molecule has 0 saturated carbocycles. The van der Waals surface area contributed by atoms with E-state index in [1.165, 1.54) is 11.1 Å². The van der Waals surface area contributed by atoms with Gasteiger partial charge in [-0.2, -0.15) is 0 Å². The Kier molecular flexibility index (Phi) is 2.66. The molecule has 1 aliphatic rings. The monoisotopic (exact) mass is 211 g/mol. The average Bonchev–Trinajstić information content (AvgIpc) is 2.16. The highest BCUT2D eigenvalue weighted by atomic mass is 35.5. The van der Waals surface area contributed by atoms with E-state index in [-0.39, 0.29) is 11.4 Å². The maximum atomic E-state index is 9.36. The van der Waals surface area contributed by atoms with Crippen LogP contribution in [0.3, 0.4) is 0 Å². The van der Waals surface area contributed by atoms with Gasteiger partial charge in [0.05, 0.1) is 5.38 Å². The van der Waals surface area contributed by atoms with E-state index in [4.69, 9.17) is 11.6 Å². The molecular weight excluding hydrogens is 198 g/mol. The van der Waals surface area contributed by atoms with E-state index in [1.807, 2.05) is 19.1 Å². The Balaban J connectivity index is 2.40. The smallest absolute Gasteiger partial charge is 0.115 e. The van der Waals surface area contributed by atoms with Gasteiger partial charge in [0.1, 0.15) is 5.75 Å². The number of fused-ring (bicyclic) bond motifs is 1. The third kappa shape index (κ3) is 1.72. The Hall–Kier alpha value is -0.730. The summed E-state index contributed by atoms with van der Waals surface area (Å²) in [4.78, 5) is 0. The summed E-state index contributed by atoms with van der Waals surface area (Å²) >= 11 is 6.10. The van der Waals surface area contributed by atoms with Crippen LogP contribution in [-0.4, -0.2) is 17.0 Å². The number of hydrogen-bond donors (Lipinski definition) is 2. The van der Waals surface area contributed by atoms with Crippen LogP contribution in [0.2, 0.25) is 0 Å². The molecule has 1 aromatic rings. The number of nitrogens with one attached hydrogen (secondary N) is 1. The topological polar surface area (TPSA) is 32.3 Å². The van der Waals surface area contributed by atoms with Gasteiger partial charge in [0.15, 0.2) is 0 Å². The maximum Gasteiger partial charge on any atom is 0.115 e. The molecule has 0 aliphatic carbocycles. The van der Waals surface area contributed by atoms with E-state index < -0.39 is 0 Å². The zero-order valence-corrected chi connectivity index (χ0v) is 8.88. The lowest BCUT2D eigenvalue weighted by Crippen LogP contribution is -2.34. The molecule has 2 atom stereocenters. The van der Waals surface area contributed by atoms with Crippen molar-refractivity contribution in [1.29, 1.82) is 0 Å². The second kappa shape index (κ2) is 3.79. The number of benzene rings is 1. The van der Waals surface area contributed by atoms with Crippen molar-refractivity contribution in [2.75, 3.05) is 6.54 Å². The number of hydrogen-bond acceptors (Lipinski definition) is 2. The Labute approximate surface area is 88.9 Å². The molecule has 0 saturated heterocycles. The molecule has 0 amide bonds. The SMILES string of the molecule is CC(Cl)C1NCCc2cc(O)ccc21. The molecule has 0 bridgehead atoms. The van der Waals surface area contributed by atoms with Crippen LogP contribution >= 0.6 is 11.6 Å². The molecule has 1 heterocycles. The lowest BCUT2D eigenvalue weighted by atomic mass is 9.92. The minimum absolute atomic E-state index is 0.0681. The number of halogens is 1. The summed E-state index contributed by atoms with van der Waals surface area (Å²) in [5.74, 6) is 0.339. The van der Waals surface area contributed by atoms with Gasteiger partial charge in [0, 0.05) is 6.04 Å². The van der Waals surface area contributed by atoms with Gasteiger partial charge >= 0.3 is 0 Å². The minimum Gasteiger partial charge on any atom is -0.508 e. The highest BCUT2D eigenvalue weighted by Crippen LogP contribution is 2.29. The summed E-state index contributed by atoms with van der Waals surface area (Å²) < 4.78 is 0. The molecule has 3 heteroatoms. The number of alkyl halides is 1. The second-order valence-corrected chi connectivity index (χ2v) is 4.43. The van der Waals surface area contributed by atoms with Crippen LogP contribution in [-0.2, 0) is 6.42 Å². The number of phenols is 1. The fourth-order valence-corrected chi connectivity index (χ4v) is 2.22. The fraction of sp³-hybridized carbons (Fsp3) is 0.455. The van der Waals surface area contributed by atoms with Crippen molar-refractivity contribution in [2.45, 2.75) is 24.8 Å². The normalized spacial score (nSPS) is 22.9. The van der Waals surface area contributed by atoms with Crippen LogP contribution in [0.25, 0.3) is 0 Å². The maximum absolute atomic E-state index is 9.36. The van der Waals surface area contributed by atoms with Crippen molar-refractivity contribution in [3.05, 3.63) is 29.3 Å². The molecule has 1 aromatic carbocycles. The van der Waals surface area contributed by atoms with E-state index >= 15 is 0 Å². The molecule has 0 aromatic heterocycles. The van der Waals surface area contributed by atoms with E-state index in [2.05, 4.69) is 5.32 Å². The first-order valence-corrected chi connectivity index (χ1v) is 5.31. The van der Waals surface area contributed by atoms with Crippen LogP contribution in [0.1, 0.15) is 24.1 Å². The van der Waals surface area contributed by atoms with Crippen molar-refractivity contribution in [2.24, 2.45) is 0 Å². The van der Waals surface area contributed by atoms with Crippen LogP contribution in [0.15, 0.2) is 18.2 Å². The molecule has 0 radical (unpaired) electrons. The van der Waals surface area contributed by atoms with Gasteiger partial charge in [-0.25, -0.2) is 0 Å². The highest BCUT2D eigenvalue weighted by Gasteiger charge is 2.23. The molecule has 2 nitrogen and oxygen atoms in total. The van der Waals surface area contributed by atoms with E-state index in [1.54, 1.807) is 6.07 Å². The summed E-state index contributed by atoms with van der Waals surface area (Å²) in [5.41, 5.74) is 2.43. The molecule has 0 spiro atoms. The molecule has 14 heavy (non-hydrogen) atoms. The zero-order valence-electron chi connectivity index (χ0n) is 8.13. The van der Waals surface area contributed by atoms with Gasteiger partial charge < -0.3 is 10.4 Å². The lowest BCUT2D eigenvalue weighted by molar-refractivity contribution is 0.465. The number of aromatic hydroxyl groups is 1. The second-order valence-electron chi connectivity index (χ2n) is 3.74. The standard InChI is InChI=1S/C11H14ClNO/c1-7(12)11-10-3-2-9(14)6-8(10)4-5-13-11/h2-3,6-7,11,13-14H,4-5H2,1H3. The zero-order chi connectivity index (χ0) is 10.1. The Morgan fingerprint density at radius 3 is 3.07 bits per heavy atom. The highest BCUT2D eigenvalue weighted by molar-refractivity contribution is 6.20. The van der Waals surface area contributed by atoms with Crippen LogP contribution in [0.5, 0.6) is 5.75 Å². The summed E-state index contributed by atoms with van der Waals surface area (Å²) in [5, 5.41) is 12.8. The van der Waals surface area contributed by atoms with Gasteiger partial charge in [0.2, 0.25) is 0 Å². The third-order valence-electron chi connectivity index (χ3n) is 2.68. The molecule has 0 fully saturated rings. The van der Waals surface area contributed by atoms with Crippen molar-refractivity contribution >= 4 is 11.6 Å². The third-order valence-corrected chi connectivity index (χ3v) is 2.93. The van der Waals surface area contributed by atoms with Crippen LogP contribution < -0.4 is 5.32 Å². The number of phenolic OH excluding ortho intramolecular Hbond substituents is 1. The Morgan fingerprint density at radius 1 is 1.57 bits per heavy atom. The molecule has 76 valence electrons. The van der Waals surface area contributed by atoms with Gasteiger partial charge in [-0.15, -0.1) is 11.6 Å². The van der Waals surface area contributed by atoms with Crippen molar-refractivity contribution in [1.82, 2.24) is 5.32 Å². The van der Waals surface area contributed by atoms with E-state index in [0.29, 0.717) is 5.75 Å². The summed E-state index contributed by atoms with van der Waals surface area (Å²) in [6, 6.07) is 5.72. The molecule has 2 unspecified atom stereocenters. The quantitative estimate of drug-likeness (QED) is 0.699. The molecular formula is C11H14ClNO. The molecule has 1 aliphatic heterocycles. The van der Waals surface area contributed by atoms with E-state index in [0.717, 1.165) is 13.0 Å². The first-order valence-electron chi connectivity index (χ1n) is 4.87. The summed E-state index contributed by atoms with van der Waals surface area (Å²) in [6.07, 6.45) is 0.962. The predicted molar refractivity (Wildman–Crippen MR) is 57.9 cm³/mol. The van der Waals surface area contributed by atoms with Crippen molar-refractivity contribution in [3.63, 3.8) is 0 Å². The van der Waals surface area contributed by atoms with E-state index in [9.17, 15) is 5.11 Å². The van der Waals surface area contributed by atoms with Crippen LogP contribution in [0, 0.1) is 0 Å². The first-order chi connectivity index (χ1) is 6.68. The van der Waals surface area contributed by atoms with Gasteiger partial charge in [0.25, 0.3) is 0 Å². The van der Waals surface area contributed by atoms with Gasteiger partial charge in [-0.1, -0.05) is 6.07 Å². The van der Waals surface area contributed by atoms with Crippen molar-refractivity contribution in [3.8, 4) is 5.75 Å². The largest absolute Gasteiger partial charge is 0.508 e. The average molecular weight is 212 g/mol. The van der Waals surface area contributed by atoms with Crippen molar-refractivity contribution < 1.29 is 5.11 Å². The first kappa shape index (κ1) is 9.81. The summed E-state index contributed by atoms with van der Waals surface area (Å²) in [6.45, 7) is 2.92. The molecule has 2 N–H and O–H groups in total. The van der Waals surface area contributed by atoms with Crippen LogP contribution in [0.4, 0.5) is 0 Å². The predicted octanol–water partition coefficient (Wildman–Crippen LogP) is 2.21. The summed E-state index contributed by atoms with van der Waals surface area (Å²) in [7, 11) is 0. The minimum atomic E-state index is 0.0681.